The average molecular weight is 325 g/mol. The van der Waals surface area contributed by atoms with Crippen LogP contribution in [0.4, 0.5) is 5.69 Å². The summed E-state index contributed by atoms with van der Waals surface area (Å²) in [5.74, 6) is 0.152. The van der Waals surface area contributed by atoms with Crippen molar-refractivity contribution in [1.82, 2.24) is 9.88 Å². The van der Waals surface area contributed by atoms with Crippen LogP contribution in [0.15, 0.2) is 47.5 Å². The van der Waals surface area contributed by atoms with Crippen LogP contribution in [0.2, 0.25) is 0 Å². The fourth-order valence-corrected chi connectivity index (χ4v) is 3.75. The Morgan fingerprint density at radius 3 is 2.62 bits per heavy atom. The van der Waals surface area contributed by atoms with Crippen molar-refractivity contribution in [2.45, 2.75) is 19.3 Å². The lowest BCUT2D eigenvalue weighted by Gasteiger charge is -2.37. The van der Waals surface area contributed by atoms with Crippen molar-refractivity contribution in [3.05, 3.63) is 48.7 Å². The number of aromatic nitrogens is 1. The summed E-state index contributed by atoms with van der Waals surface area (Å²) in [6.45, 7) is 1.94. The van der Waals surface area contributed by atoms with Gasteiger partial charge >= 0.3 is 0 Å². The van der Waals surface area contributed by atoms with E-state index in [0.717, 1.165) is 18.7 Å². The lowest BCUT2D eigenvalue weighted by atomic mass is 9.77. The molecule has 2 aliphatic rings. The molecule has 0 unspecified atom stereocenters. The maximum absolute atomic E-state index is 13.0. The first-order chi connectivity index (χ1) is 11.7. The Labute approximate surface area is 140 Å². The lowest BCUT2D eigenvalue weighted by Crippen LogP contribution is -2.46. The summed E-state index contributed by atoms with van der Waals surface area (Å²) in [5.41, 5.74) is 1.10. The SMILES string of the molecule is O=C(c1ccoc1)N1CCC2(CC1)CCN(c1cccnc1)C2=O. The van der Waals surface area contributed by atoms with E-state index in [4.69, 9.17) is 4.42 Å². The average Bonchev–Trinajstić information content (AvgIpc) is 3.26. The normalized spacial score (nSPS) is 19.9. The molecule has 0 atom stereocenters. The molecule has 0 bridgehead atoms. The maximum Gasteiger partial charge on any atom is 0.257 e. The van der Waals surface area contributed by atoms with Crippen molar-refractivity contribution in [3.8, 4) is 0 Å². The Kier molecular flexibility index (Phi) is 3.59. The zero-order valence-electron chi connectivity index (χ0n) is 13.4. The van der Waals surface area contributed by atoms with Crippen molar-refractivity contribution in [3.63, 3.8) is 0 Å². The second kappa shape index (κ2) is 5.78. The number of amides is 2. The summed E-state index contributed by atoms with van der Waals surface area (Å²) in [6, 6.07) is 5.44. The topological polar surface area (TPSA) is 66.7 Å². The number of pyridine rings is 1. The molecule has 2 fully saturated rings. The van der Waals surface area contributed by atoms with Gasteiger partial charge in [-0.3, -0.25) is 14.6 Å². The van der Waals surface area contributed by atoms with E-state index in [1.165, 1.54) is 12.5 Å². The quantitative estimate of drug-likeness (QED) is 0.850. The Morgan fingerprint density at radius 2 is 1.96 bits per heavy atom. The number of furan rings is 1. The van der Waals surface area contributed by atoms with Gasteiger partial charge in [0.1, 0.15) is 6.26 Å². The fourth-order valence-electron chi connectivity index (χ4n) is 3.75. The molecule has 6 heteroatoms. The molecule has 2 saturated heterocycles. The zero-order chi connectivity index (χ0) is 16.6. The molecule has 6 nitrogen and oxygen atoms in total. The van der Waals surface area contributed by atoms with Crippen LogP contribution in [0, 0.1) is 5.41 Å². The van der Waals surface area contributed by atoms with Gasteiger partial charge in [0.2, 0.25) is 5.91 Å². The lowest BCUT2D eigenvalue weighted by molar-refractivity contribution is -0.127. The molecule has 2 aromatic heterocycles. The molecular formula is C18H19N3O3. The number of carbonyl (C=O) groups excluding carboxylic acids is 2. The van der Waals surface area contributed by atoms with Gasteiger partial charge in [0.05, 0.1) is 29.1 Å². The summed E-state index contributed by atoms with van der Waals surface area (Å²) < 4.78 is 4.99. The summed E-state index contributed by atoms with van der Waals surface area (Å²) in [4.78, 5) is 33.1. The molecule has 2 aliphatic heterocycles. The van der Waals surface area contributed by atoms with Crippen LogP contribution in [0.5, 0.6) is 0 Å². The number of carbonyl (C=O) groups is 2. The molecule has 0 aromatic carbocycles. The van der Waals surface area contributed by atoms with Crippen molar-refractivity contribution < 1.29 is 14.0 Å². The molecule has 0 aliphatic carbocycles. The van der Waals surface area contributed by atoms with Crippen LogP contribution in [0.1, 0.15) is 29.6 Å². The van der Waals surface area contributed by atoms with Gasteiger partial charge in [-0.1, -0.05) is 0 Å². The molecule has 0 saturated carbocycles. The van der Waals surface area contributed by atoms with Crippen LogP contribution < -0.4 is 4.90 Å². The smallest absolute Gasteiger partial charge is 0.257 e. The highest BCUT2D eigenvalue weighted by molar-refractivity contribution is 6.00. The molecular weight excluding hydrogens is 306 g/mol. The first-order valence-electron chi connectivity index (χ1n) is 8.23. The summed E-state index contributed by atoms with van der Waals surface area (Å²) >= 11 is 0. The summed E-state index contributed by atoms with van der Waals surface area (Å²) in [7, 11) is 0. The van der Waals surface area contributed by atoms with E-state index < -0.39 is 0 Å². The molecule has 124 valence electrons. The second-order valence-corrected chi connectivity index (χ2v) is 6.50. The van der Waals surface area contributed by atoms with Crippen molar-refractivity contribution in [2.24, 2.45) is 5.41 Å². The zero-order valence-corrected chi connectivity index (χ0v) is 13.4. The van der Waals surface area contributed by atoms with Crippen molar-refractivity contribution in [1.29, 1.82) is 0 Å². The standard InChI is InChI=1S/C18H19N3O3/c22-16(14-3-11-24-13-14)20-8-4-18(5-9-20)6-10-21(17(18)23)15-2-1-7-19-12-15/h1-3,7,11-13H,4-6,8-10H2. The molecule has 0 N–H and O–H groups in total. The van der Waals surface area contributed by atoms with Gasteiger partial charge in [0.15, 0.2) is 0 Å². The number of rotatable bonds is 2. The molecule has 1 spiro atoms. The summed E-state index contributed by atoms with van der Waals surface area (Å²) in [5, 5.41) is 0. The van der Waals surface area contributed by atoms with Gasteiger partial charge in [0.25, 0.3) is 5.91 Å². The third-order valence-electron chi connectivity index (χ3n) is 5.25. The first-order valence-corrected chi connectivity index (χ1v) is 8.23. The third-order valence-corrected chi connectivity index (χ3v) is 5.25. The van der Waals surface area contributed by atoms with Gasteiger partial charge in [-0.25, -0.2) is 0 Å². The van der Waals surface area contributed by atoms with E-state index in [1.54, 1.807) is 18.5 Å². The maximum atomic E-state index is 13.0. The minimum atomic E-state index is -0.330. The fraction of sp³-hybridized carbons (Fsp3) is 0.389. The van der Waals surface area contributed by atoms with Crippen LogP contribution in [-0.4, -0.2) is 41.3 Å². The highest BCUT2D eigenvalue weighted by Crippen LogP contribution is 2.43. The Balaban J connectivity index is 1.45. The monoisotopic (exact) mass is 325 g/mol. The van der Waals surface area contributed by atoms with E-state index in [1.807, 2.05) is 21.9 Å². The van der Waals surface area contributed by atoms with Crippen LogP contribution in [0.25, 0.3) is 0 Å². The van der Waals surface area contributed by atoms with Gasteiger partial charge in [0, 0.05) is 25.8 Å². The van der Waals surface area contributed by atoms with Gasteiger partial charge in [-0.2, -0.15) is 0 Å². The van der Waals surface area contributed by atoms with Crippen LogP contribution in [-0.2, 0) is 4.79 Å². The molecule has 24 heavy (non-hydrogen) atoms. The first kappa shape index (κ1) is 14.9. The predicted octanol–water partition coefficient (Wildman–Crippen LogP) is 2.33. The number of likely N-dealkylation sites (tertiary alicyclic amines) is 1. The molecule has 2 amide bonds. The van der Waals surface area contributed by atoms with Crippen LogP contribution in [0.3, 0.4) is 0 Å². The molecule has 2 aromatic rings. The highest BCUT2D eigenvalue weighted by atomic mass is 16.3. The highest BCUT2D eigenvalue weighted by Gasteiger charge is 2.49. The van der Waals surface area contributed by atoms with Gasteiger partial charge in [-0.15, -0.1) is 0 Å². The second-order valence-electron chi connectivity index (χ2n) is 6.50. The third kappa shape index (κ3) is 2.38. The predicted molar refractivity (Wildman–Crippen MR) is 87.5 cm³/mol. The largest absolute Gasteiger partial charge is 0.472 e. The molecule has 4 rings (SSSR count). The number of nitrogens with zero attached hydrogens (tertiary/aromatic N) is 3. The number of anilines is 1. The van der Waals surface area contributed by atoms with Crippen molar-refractivity contribution >= 4 is 17.5 Å². The number of hydrogen-bond acceptors (Lipinski definition) is 4. The molecule has 4 heterocycles. The van der Waals surface area contributed by atoms with E-state index in [2.05, 4.69) is 4.98 Å². The minimum Gasteiger partial charge on any atom is -0.472 e. The Morgan fingerprint density at radius 1 is 1.17 bits per heavy atom. The number of hydrogen-bond donors (Lipinski definition) is 0. The van der Waals surface area contributed by atoms with Crippen LogP contribution >= 0.6 is 0 Å². The minimum absolute atomic E-state index is 0.0202. The van der Waals surface area contributed by atoms with E-state index in [9.17, 15) is 9.59 Å². The Hall–Kier alpha value is -2.63. The van der Waals surface area contributed by atoms with E-state index in [0.29, 0.717) is 31.5 Å². The molecule has 0 radical (unpaired) electrons. The van der Waals surface area contributed by atoms with Gasteiger partial charge < -0.3 is 14.2 Å². The van der Waals surface area contributed by atoms with Gasteiger partial charge in [-0.05, 0) is 37.5 Å². The summed E-state index contributed by atoms with van der Waals surface area (Å²) in [6.07, 6.45) is 8.68. The number of piperidine rings is 1. The van der Waals surface area contributed by atoms with E-state index >= 15 is 0 Å². The Bertz CT molecular complexity index is 734. The van der Waals surface area contributed by atoms with E-state index in [-0.39, 0.29) is 17.2 Å². The van der Waals surface area contributed by atoms with Crippen molar-refractivity contribution in [2.75, 3.05) is 24.5 Å².